The molecule has 118 valence electrons. The summed E-state index contributed by atoms with van der Waals surface area (Å²) in [5.41, 5.74) is 0.649. The van der Waals surface area contributed by atoms with Crippen molar-refractivity contribution in [1.29, 1.82) is 0 Å². The number of piperazine rings is 1. The fourth-order valence-electron chi connectivity index (χ4n) is 2.31. The average molecular weight is 312 g/mol. The normalized spacial score (nSPS) is 15.1. The summed E-state index contributed by atoms with van der Waals surface area (Å²) in [5, 5.41) is 20.8. The van der Waals surface area contributed by atoms with Crippen LogP contribution in [0.4, 0.5) is 17.2 Å². The lowest BCUT2D eigenvalue weighted by Gasteiger charge is -2.32. The summed E-state index contributed by atoms with van der Waals surface area (Å²) in [5.74, 6) is 0.972. The molecule has 0 unspecified atom stereocenters. The SMILES string of the molecule is O=[N+]([O-])c1ccc(/N=N/N2CCN(c3ccccn3)CC2)cc1. The second-order valence-corrected chi connectivity index (χ2v) is 5.09. The van der Waals surface area contributed by atoms with Crippen LogP contribution in [-0.4, -0.2) is 41.1 Å². The monoisotopic (exact) mass is 312 g/mol. The highest BCUT2D eigenvalue weighted by Gasteiger charge is 2.16. The summed E-state index contributed by atoms with van der Waals surface area (Å²) in [4.78, 5) is 16.7. The van der Waals surface area contributed by atoms with Gasteiger partial charge in [0.1, 0.15) is 5.82 Å². The summed E-state index contributed by atoms with van der Waals surface area (Å²) >= 11 is 0. The van der Waals surface area contributed by atoms with Crippen LogP contribution in [0.3, 0.4) is 0 Å². The van der Waals surface area contributed by atoms with Crippen molar-refractivity contribution in [3.8, 4) is 0 Å². The van der Waals surface area contributed by atoms with Crippen LogP contribution in [-0.2, 0) is 0 Å². The van der Waals surface area contributed by atoms with E-state index in [2.05, 4.69) is 20.2 Å². The zero-order valence-corrected chi connectivity index (χ0v) is 12.4. The van der Waals surface area contributed by atoms with Crippen LogP contribution in [0.2, 0.25) is 0 Å². The molecule has 8 heteroatoms. The first-order chi connectivity index (χ1) is 11.2. The van der Waals surface area contributed by atoms with E-state index in [9.17, 15) is 10.1 Å². The largest absolute Gasteiger partial charge is 0.353 e. The van der Waals surface area contributed by atoms with Gasteiger partial charge in [-0.05, 0) is 24.3 Å². The molecule has 0 N–H and O–H groups in total. The zero-order valence-electron chi connectivity index (χ0n) is 12.4. The number of benzene rings is 1. The Balaban J connectivity index is 1.55. The van der Waals surface area contributed by atoms with Gasteiger partial charge in [-0.15, -0.1) is 5.11 Å². The second kappa shape index (κ2) is 6.82. The molecule has 23 heavy (non-hydrogen) atoms. The van der Waals surface area contributed by atoms with Gasteiger partial charge in [-0.3, -0.25) is 15.1 Å². The molecular formula is C15H16N6O2. The molecule has 0 atom stereocenters. The van der Waals surface area contributed by atoms with Crippen molar-refractivity contribution >= 4 is 17.2 Å². The van der Waals surface area contributed by atoms with Crippen LogP contribution < -0.4 is 4.90 Å². The molecule has 0 radical (unpaired) electrons. The molecule has 1 aromatic carbocycles. The van der Waals surface area contributed by atoms with Gasteiger partial charge in [0.25, 0.3) is 5.69 Å². The Morgan fingerprint density at radius 2 is 1.78 bits per heavy atom. The average Bonchev–Trinajstić information content (AvgIpc) is 2.61. The van der Waals surface area contributed by atoms with Crippen LogP contribution in [0.1, 0.15) is 0 Å². The summed E-state index contributed by atoms with van der Waals surface area (Å²) in [7, 11) is 0. The van der Waals surface area contributed by atoms with E-state index in [0.717, 1.165) is 32.0 Å². The van der Waals surface area contributed by atoms with Crippen LogP contribution in [0.5, 0.6) is 0 Å². The van der Waals surface area contributed by atoms with E-state index in [1.165, 1.54) is 12.1 Å². The number of nitro groups is 1. The number of hydrogen-bond acceptors (Lipinski definition) is 6. The predicted molar refractivity (Wildman–Crippen MR) is 85.6 cm³/mol. The minimum absolute atomic E-state index is 0.0490. The van der Waals surface area contributed by atoms with Gasteiger partial charge in [-0.25, -0.2) is 4.98 Å². The summed E-state index contributed by atoms with van der Waals surface area (Å²) < 4.78 is 0. The Bertz CT molecular complexity index is 681. The summed E-state index contributed by atoms with van der Waals surface area (Å²) in [6, 6.07) is 11.9. The fraction of sp³-hybridized carbons (Fsp3) is 0.267. The molecule has 0 spiro atoms. The molecule has 1 aliphatic rings. The molecule has 1 fully saturated rings. The van der Waals surface area contributed by atoms with Crippen molar-refractivity contribution in [2.24, 2.45) is 10.3 Å². The lowest BCUT2D eigenvalue weighted by atomic mass is 10.3. The maximum Gasteiger partial charge on any atom is 0.269 e. The molecule has 1 aromatic heterocycles. The van der Waals surface area contributed by atoms with Crippen molar-refractivity contribution in [3.63, 3.8) is 0 Å². The first-order valence-corrected chi connectivity index (χ1v) is 7.29. The molecule has 3 rings (SSSR count). The van der Waals surface area contributed by atoms with Crippen molar-refractivity contribution < 1.29 is 4.92 Å². The maximum atomic E-state index is 10.6. The number of nitro benzene ring substituents is 1. The van der Waals surface area contributed by atoms with Gasteiger partial charge < -0.3 is 4.90 Å². The third-order valence-electron chi connectivity index (χ3n) is 3.58. The minimum Gasteiger partial charge on any atom is -0.353 e. The van der Waals surface area contributed by atoms with E-state index in [1.54, 1.807) is 18.3 Å². The predicted octanol–water partition coefficient (Wildman–Crippen LogP) is 2.81. The van der Waals surface area contributed by atoms with E-state index in [0.29, 0.717) is 5.69 Å². The number of non-ortho nitro benzene ring substituents is 1. The van der Waals surface area contributed by atoms with Crippen molar-refractivity contribution in [1.82, 2.24) is 9.99 Å². The van der Waals surface area contributed by atoms with Gasteiger partial charge >= 0.3 is 0 Å². The molecule has 2 heterocycles. The Kier molecular flexibility index (Phi) is 4.41. The van der Waals surface area contributed by atoms with Crippen LogP contribution in [0.15, 0.2) is 59.0 Å². The molecule has 0 amide bonds. The van der Waals surface area contributed by atoms with E-state index in [-0.39, 0.29) is 5.69 Å². The molecule has 0 bridgehead atoms. The lowest BCUT2D eigenvalue weighted by Crippen LogP contribution is -2.44. The van der Waals surface area contributed by atoms with E-state index < -0.39 is 4.92 Å². The number of hydrogen-bond donors (Lipinski definition) is 0. The summed E-state index contributed by atoms with van der Waals surface area (Å²) in [6.07, 6.45) is 1.79. The first kappa shape index (κ1) is 14.9. The molecule has 0 aliphatic carbocycles. The Hall–Kier alpha value is -3.03. The molecule has 8 nitrogen and oxygen atoms in total. The molecule has 1 saturated heterocycles. The second-order valence-electron chi connectivity index (χ2n) is 5.09. The van der Waals surface area contributed by atoms with E-state index in [4.69, 9.17) is 0 Å². The van der Waals surface area contributed by atoms with Gasteiger partial charge in [0, 0.05) is 31.4 Å². The minimum atomic E-state index is -0.433. The first-order valence-electron chi connectivity index (χ1n) is 7.29. The number of nitrogens with zero attached hydrogens (tertiary/aromatic N) is 6. The van der Waals surface area contributed by atoms with Gasteiger partial charge in [0.15, 0.2) is 0 Å². The number of rotatable bonds is 4. The van der Waals surface area contributed by atoms with Crippen LogP contribution in [0, 0.1) is 10.1 Å². The summed E-state index contributed by atoms with van der Waals surface area (Å²) in [6.45, 7) is 3.17. The zero-order chi connectivity index (χ0) is 16.1. The topological polar surface area (TPSA) is 87.2 Å². The third kappa shape index (κ3) is 3.79. The van der Waals surface area contributed by atoms with Crippen molar-refractivity contribution in [2.75, 3.05) is 31.1 Å². The lowest BCUT2D eigenvalue weighted by molar-refractivity contribution is -0.384. The highest BCUT2D eigenvalue weighted by Crippen LogP contribution is 2.19. The maximum absolute atomic E-state index is 10.6. The molecular weight excluding hydrogens is 296 g/mol. The van der Waals surface area contributed by atoms with Crippen molar-refractivity contribution in [2.45, 2.75) is 0 Å². The van der Waals surface area contributed by atoms with Crippen molar-refractivity contribution in [3.05, 3.63) is 58.8 Å². The van der Waals surface area contributed by atoms with Gasteiger partial charge in [-0.1, -0.05) is 11.3 Å². The molecule has 2 aromatic rings. The van der Waals surface area contributed by atoms with Gasteiger partial charge in [0.2, 0.25) is 0 Å². The van der Waals surface area contributed by atoms with E-state index in [1.807, 2.05) is 23.2 Å². The Morgan fingerprint density at radius 1 is 1.04 bits per heavy atom. The quantitative estimate of drug-likeness (QED) is 0.492. The molecule has 1 aliphatic heterocycles. The number of pyridine rings is 1. The highest BCUT2D eigenvalue weighted by molar-refractivity contribution is 5.43. The van der Waals surface area contributed by atoms with Crippen LogP contribution >= 0.6 is 0 Å². The number of anilines is 1. The highest BCUT2D eigenvalue weighted by atomic mass is 16.6. The van der Waals surface area contributed by atoms with Gasteiger partial charge in [0.05, 0.1) is 23.7 Å². The smallest absolute Gasteiger partial charge is 0.269 e. The van der Waals surface area contributed by atoms with E-state index >= 15 is 0 Å². The van der Waals surface area contributed by atoms with Crippen LogP contribution in [0.25, 0.3) is 0 Å². The third-order valence-corrected chi connectivity index (χ3v) is 3.58. The Labute approximate surface area is 133 Å². The standard InChI is InChI=1S/C15H16N6O2/c22-21(23)14-6-4-13(5-7-14)17-18-20-11-9-19(10-12-20)15-3-1-2-8-16-15/h1-8H,9-12H2/b18-17+. The Morgan fingerprint density at radius 3 is 2.39 bits per heavy atom. The number of aromatic nitrogens is 1. The molecule has 0 saturated carbocycles. The fourth-order valence-corrected chi connectivity index (χ4v) is 2.31. The van der Waals surface area contributed by atoms with Gasteiger partial charge in [-0.2, -0.15) is 0 Å².